The van der Waals surface area contributed by atoms with Crippen molar-refractivity contribution in [3.63, 3.8) is 0 Å². The molecule has 2 N–H and O–H groups in total. The molecule has 0 bridgehead atoms. The van der Waals surface area contributed by atoms with Gasteiger partial charge in [0.1, 0.15) is 0 Å². The normalized spacial score (nSPS) is 11.2. The van der Waals surface area contributed by atoms with Crippen LogP contribution >= 0.6 is 0 Å². The summed E-state index contributed by atoms with van der Waals surface area (Å²) < 4.78 is 9.84. The smallest absolute Gasteiger partial charge is 0.334 e. The number of carbonyl (C=O) groups excluding carboxylic acids is 2. The minimum absolute atomic E-state index is 0.249. The van der Waals surface area contributed by atoms with Gasteiger partial charge in [0.25, 0.3) is 0 Å². The second kappa shape index (κ2) is 10.6. The van der Waals surface area contributed by atoms with Gasteiger partial charge in [-0.15, -0.1) is 0 Å². The van der Waals surface area contributed by atoms with Crippen LogP contribution < -0.4 is 5.73 Å². The Morgan fingerprint density at radius 1 is 0.900 bits per heavy atom. The largest absolute Gasteiger partial charge is 0.464 e. The minimum Gasteiger partial charge on any atom is -0.464 e. The molecule has 118 valence electrons. The van der Waals surface area contributed by atoms with E-state index in [1.165, 1.54) is 0 Å². The molecule has 0 aromatic carbocycles. The van der Waals surface area contributed by atoms with Gasteiger partial charge in [-0.1, -0.05) is 0 Å². The molecule has 0 aliphatic carbocycles. The van der Waals surface area contributed by atoms with Crippen LogP contribution in [0.25, 0.3) is 0 Å². The van der Waals surface area contributed by atoms with E-state index in [-0.39, 0.29) is 13.2 Å². The lowest BCUT2D eigenvalue weighted by Crippen LogP contribution is -2.41. The zero-order valence-corrected chi connectivity index (χ0v) is 12.9. The third kappa shape index (κ3) is 9.71. The summed E-state index contributed by atoms with van der Waals surface area (Å²) >= 11 is 0. The van der Waals surface area contributed by atoms with Crippen LogP contribution in [-0.2, 0) is 19.1 Å². The van der Waals surface area contributed by atoms with Crippen molar-refractivity contribution in [1.82, 2.24) is 9.80 Å². The van der Waals surface area contributed by atoms with Crippen LogP contribution in [-0.4, -0.2) is 82.3 Å². The minimum atomic E-state index is -1.35. The third-order valence-electron chi connectivity index (χ3n) is 2.50. The van der Waals surface area contributed by atoms with Gasteiger partial charge in [-0.2, -0.15) is 0 Å². The molecule has 0 saturated heterocycles. The third-order valence-corrected chi connectivity index (χ3v) is 2.50. The zero-order chi connectivity index (χ0) is 15.5. The molecule has 0 fully saturated rings. The van der Waals surface area contributed by atoms with Crippen molar-refractivity contribution in [2.24, 2.45) is 5.73 Å². The first-order valence-electron chi connectivity index (χ1n) is 6.73. The monoisotopic (exact) mass is 289 g/mol. The molecule has 0 atom stereocenters. The quantitative estimate of drug-likeness (QED) is 0.323. The van der Waals surface area contributed by atoms with Crippen molar-refractivity contribution in [3.8, 4) is 0 Å². The zero-order valence-electron chi connectivity index (χ0n) is 12.9. The highest BCUT2D eigenvalue weighted by Crippen LogP contribution is 1.95. The van der Waals surface area contributed by atoms with Crippen LogP contribution in [0.2, 0.25) is 0 Å². The number of carbonyl (C=O) groups is 2. The van der Waals surface area contributed by atoms with Gasteiger partial charge in [0.15, 0.2) is 0 Å². The van der Waals surface area contributed by atoms with Crippen LogP contribution in [0, 0.1) is 0 Å². The highest BCUT2D eigenvalue weighted by molar-refractivity contribution is 5.98. The Balaban J connectivity index is 3.78. The summed E-state index contributed by atoms with van der Waals surface area (Å²) in [6, 6.07) is -1.35. The number of nitrogens with two attached hydrogens (primary N) is 1. The molecule has 0 aliphatic heterocycles. The molecule has 0 aromatic heterocycles. The highest BCUT2D eigenvalue weighted by atomic mass is 16.6. The first kappa shape index (κ1) is 18.8. The SMILES string of the molecule is CN(C)CCCOC(=O)C(N)C(=O)OCCCN(C)C. The number of esters is 2. The molecule has 20 heavy (non-hydrogen) atoms. The lowest BCUT2D eigenvalue weighted by Gasteiger charge is -2.13. The summed E-state index contributed by atoms with van der Waals surface area (Å²) in [6.07, 6.45) is 1.40. The van der Waals surface area contributed by atoms with Crippen molar-refractivity contribution in [3.05, 3.63) is 0 Å². The van der Waals surface area contributed by atoms with E-state index in [0.717, 1.165) is 13.1 Å². The predicted octanol–water partition coefficient (Wildman–Crippen LogP) is -0.696. The van der Waals surface area contributed by atoms with Crippen molar-refractivity contribution < 1.29 is 19.1 Å². The molecule has 0 rings (SSSR count). The van der Waals surface area contributed by atoms with Gasteiger partial charge in [0.05, 0.1) is 13.2 Å². The Bertz CT molecular complexity index is 267. The Morgan fingerprint density at radius 3 is 1.55 bits per heavy atom. The molecule has 7 nitrogen and oxygen atoms in total. The lowest BCUT2D eigenvalue weighted by atomic mass is 10.3. The summed E-state index contributed by atoms with van der Waals surface area (Å²) in [4.78, 5) is 27.0. The van der Waals surface area contributed by atoms with E-state index in [1.54, 1.807) is 0 Å². The van der Waals surface area contributed by atoms with E-state index in [2.05, 4.69) is 0 Å². The van der Waals surface area contributed by atoms with Gasteiger partial charge >= 0.3 is 11.9 Å². The van der Waals surface area contributed by atoms with Gasteiger partial charge < -0.3 is 25.0 Å². The second-order valence-corrected chi connectivity index (χ2v) is 5.13. The second-order valence-electron chi connectivity index (χ2n) is 5.13. The van der Waals surface area contributed by atoms with Crippen molar-refractivity contribution in [2.75, 3.05) is 54.5 Å². The van der Waals surface area contributed by atoms with Crippen molar-refractivity contribution in [2.45, 2.75) is 18.9 Å². The summed E-state index contributed by atoms with van der Waals surface area (Å²) in [6.45, 7) is 2.10. The maximum atomic E-state index is 11.5. The Labute approximate surface area is 121 Å². The fourth-order valence-electron chi connectivity index (χ4n) is 1.38. The molecule has 0 unspecified atom stereocenters. The van der Waals surface area contributed by atoms with E-state index in [1.807, 2.05) is 38.0 Å². The molecule has 0 radical (unpaired) electrons. The first-order chi connectivity index (χ1) is 9.34. The summed E-state index contributed by atoms with van der Waals surface area (Å²) in [7, 11) is 7.72. The van der Waals surface area contributed by atoms with Crippen LogP contribution in [0.4, 0.5) is 0 Å². The average Bonchev–Trinajstić information content (AvgIpc) is 2.37. The molecule has 0 heterocycles. The van der Waals surface area contributed by atoms with Gasteiger partial charge in [-0.25, -0.2) is 9.59 Å². The topological polar surface area (TPSA) is 85.1 Å². The molecule has 0 saturated carbocycles. The van der Waals surface area contributed by atoms with E-state index in [0.29, 0.717) is 12.8 Å². The standard InChI is InChI=1S/C13H27N3O4/c1-15(2)7-5-9-19-12(17)11(14)13(18)20-10-6-8-16(3)4/h11H,5-10,14H2,1-4H3. The Hall–Kier alpha value is -1.18. The summed E-state index contributed by atoms with van der Waals surface area (Å²) in [5, 5.41) is 0. The fraction of sp³-hybridized carbons (Fsp3) is 0.846. The van der Waals surface area contributed by atoms with Crippen LogP contribution in [0.15, 0.2) is 0 Å². The highest BCUT2D eigenvalue weighted by Gasteiger charge is 2.25. The molecule has 0 aliphatic rings. The van der Waals surface area contributed by atoms with Crippen LogP contribution in [0.1, 0.15) is 12.8 Å². The van der Waals surface area contributed by atoms with Crippen molar-refractivity contribution in [1.29, 1.82) is 0 Å². The van der Waals surface area contributed by atoms with Crippen molar-refractivity contribution >= 4 is 11.9 Å². The number of hydrogen-bond acceptors (Lipinski definition) is 7. The number of ether oxygens (including phenoxy) is 2. The maximum absolute atomic E-state index is 11.5. The lowest BCUT2D eigenvalue weighted by molar-refractivity contribution is -0.157. The van der Waals surface area contributed by atoms with E-state index in [9.17, 15) is 9.59 Å². The molecule has 0 amide bonds. The van der Waals surface area contributed by atoms with Crippen LogP contribution in [0.3, 0.4) is 0 Å². The Morgan fingerprint density at radius 2 is 1.25 bits per heavy atom. The predicted molar refractivity (Wildman–Crippen MR) is 76.2 cm³/mol. The first-order valence-corrected chi connectivity index (χ1v) is 6.73. The number of rotatable bonds is 10. The van der Waals surface area contributed by atoms with E-state index < -0.39 is 18.0 Å². The maximum Gasteiger partial charge on any atom is 0.334 e. The summed E-state index contributed by atoms with van der Waals surface area (Å²) in [5.74, 6) is -1.47. The number of nitrogens with zero attached hydrogens (tertiary/aromatic N) is 2. The van der Waals surface area contributed by atoms with Gasteiger partial charge in [-0.05, 0) is 41.0 Å². The van der Waals surface area contributed by atoms with Gasteiger partial charge in [-0.3, -0.25) is 0 Å². The van der Waals surface area contributed by atoms with Gasteiger partial charge in [0.2, 0.25) is 6.04 Å². The molecule has 0 spiro atoms. The summed E-state index contributed by atoms with van der Waals surface area (Å²) in [5.41, 5.74) is 5.47. The molecular weight excluding hydrogens is 262 g/mol. The van der Waals surface area contributed by atoms with Crippen LogP contribution in [0.5, 0.6) is 0 Å². The van der Waals surface area contributed by atoms with E-state index >= 15 is 0 Å². The number of hydrogen-bond donors (Lipinski definition) is 1. The average molecular weight is 289 g/mol. The molecular formula is C13H27N3O4. The molecule has 0 aromatic rings. The van der Waals surface area contributed by atoms with E-state index in [4.69, 9.17) is 15.2 Å². The fourth-order valence-corrected chi connectivity index (χ4v) is 1.38. The molecule has 7 heteroatoms. The van der Waals surface area contributed by atoms with Gasteiger partial charge in [0, 0.05) is 13.1 Å². The Kier molecular flexibility index (Phi) is 9.96.